The summed E-state index contributed by atoms with van der Waals surface area (Å²) in [5.74, 6) is 2.03. The molecule has 0 radical (unpaired) electrons. The average molecular weight is 921 g/mol. The van der Waals surface area contributed by atoms with Crippen molar-refractivity contribution in [3.05, 3.63) is 108 Å². The summed E-state index contributed by atoms with van der Waals surface area (Å²) >= 11 is 19.9. The van der Waals surface area contributed by atoms with Crippen LogP contribution >= 0.6 is 50.5 Å². The number of sulfone groups is 2. The molecular weight excluding hydrogens is 881 g/mol. The second-order valence-corrected chi connectivity index (χ2v) is 23.1. The van der Waals surface area contributed by atoms with Crippen LogP contribution in [-0.2, 0) is 24.2 Å². The predicted molar refractivity (Wildman–Crippen MR) is 225 cm³/mol. The number of benzene rings is 2. The molecule has 0 saturated heterocycles. The Morgan fingerprint density at radius 3 is 1.47 bits per heavy atom. The summed E-state index contributed by atoms with van der Waals surface area (Å²) in [5, 5.41) is 5.71. The molecule has 0 aliphatic heterocycles. The van der Waals surface area contributed by atoms with E-state index in [1.807, 2.05) is 62.4 Å². The molecule has 57 heavy (non-hydrogen) atoms. The number of rotatable bonds is 10. The molecule has 0 spiro atoms. The van der Waals surface area contributed by atoms with Crippen molar-refractivity contribution in [1.82, 2.24) is 29.5 Å². The van der Waals surface area contributed by atoms with Crippen LogP contribution < -0.4 is 9.47 Å². The highest BCUT2D eigenvalue weighted by atomic mass is 36.0. The highest BCUT2D eigenvalue weighted by molar-refractivity contribution is 8.24. The standard InChI is InChI=1S/C18H18ClN3O3S.C18H19N3O3S.Cl3OP.H2O/c1-4-26(23,24)16-9-10-17(19)21-18(16)22-12(2)15(11-20-22)13-5-7-14(25-3)8-6-13;1-4-25(22,23)17-6-5-11-19-18(17)21-13(2)16(12-20-21)14-7-9-15(24-3)10-8-14;1-5(2,3)4;/h5-11H,4H2,1-3H3;5-12H,4H2,1-3H3;;1H2. The van der Waals surface area contributed by atoms with Crippen LogP contribution in [0.25, 0.3) is 33.9 Å². The van der Waals surface area contributed by atoms with Gasteiger partial charge in [-0.15, -0.1) is 0 Å². The van der Waals surface area contributed by atoms with Gasteiger partial charge in [0.05, 0.1) is 49.5 Å². The number of hydrogen-bond acceptors (Lipinski definition) is 11. The van der Waals surface area contributed by atoms with Gasteiger partial charge in [-0.25, -0.2) is 36.2 Å². The van der Waals surface area contributed by atoms with Gasteiger partial charge >= 0.3 is 5.20 Å². The molecule has 0 amide bonds. The van der Waals surface area contributed by atoms with E-state index in [0.717, 1.165) is 45.1 Å². The maximum atomic E-state index is 12.4. The Morgan fingerprint density at radius 1 is 0.667 bits per heavy atom. The van der Waals surface area contributed by atoms with Crippen LogP contribution in [0.15, 0.2) is 101 Å². The third-order valence-corrected chi connectivity index (χ3v) is 11.9. The van der Waals surface area contributed by atoms with Gasteiger partial charge in [-0.05, 0) is 107 Å². The van der Waals surface area contributed by atoms with Gasteiger partial charge in [0, 0.05) is 17.3 Å². The van der Waals surface area contributed by atoms with Gasteiger partial charge in [0.15, 0.2) is 31.3 Å². The van der Waals surface area contributed by atoms with E-state index in [4.69, 9.17) is 21.1 Å². The molecule has 0 saturated carbocycles. The second-order valence-electron chi connectivity index (χ2n) is 11.6. The number of pyridine rings is 2. The van der Waals surface area contributed by atoms with Gasteiger partial charge < -0.3 is 14.9 Å². The smallest absolute Gasteiger partial charge is 0.339 e. The normalized spacial score (nSPS) is 11.3. The molecule has 2 aromatic carbocycles. The van der Waals surface area contributed by atoms with E-state index in [0.29, 0.717) is 5.82 Å². The van der Waals surface area contributed by atoms with Crippen LogP contribution in [0.3, 0.4) is 0 Å². The largest absolute Gasteiger partial charge is 0.497 e. The SMILES string of the molecule is CCS(=O)(=O)c1ccc(Cl)nc1-n1ncc(-c2ccc(OC)cc2)c1C.CCS(=O)(=O)c1cccnc1-n1ncc(-c2ccc(OC)cc2)c1C.O.O=P(Cl)(Cl)Cl. The maximum absolute atomic E-state index is 12.4. The molecule has 6 aromatic rings. The summed E-state index contributed by atoms with van der Waals surface area (Å²) in [6, 6.07) is 21.3. The first-order valence-electron chi connectivity index (χ1n) is 16.5. The molecule has 0 aliphatic rings. The van der Waals surface area contributed by atoms with Crippen molar-refractivity contribution in [3.8, 4) is 45.4 Å². The molecule has 0 unspecified atom stereocenters. The monoisotopic (exact) mass is 918 g/mol. The number of nitrogens with zero attached hydrogens (tertiary/aromatic N) is 6. The Hall–Kier alpha value is -3.99. The molecule has 14 nitrogen and oxygen atoms in total. The fourth-order valence-electron chi connectivity index (χ4n) is 5.26. The van der Waals surface area contributed by atoms with Crippen molar-refractivity contribution in [1.29, 1.82) is 0 Å². The quantitative estimate of drug-likeness (QED) is 0.0941. The third kappa shape index (κ3) is 12.0. The molecule has 6 rings (SSSR count). The second kappa shape index (κ2) is 20.1. The van der Waals surface area contributed by atoms with E-state index < -0.39 is 24.9 Å². The minimum atomic E-state index is -3.47. The van der Waals surface area contributed by atoms with Gasteiger partial charge in [0.2, 0.25) is 0 Å². The van der Waals surface area contributed by atoms with Crippen molar-refractivity contribution in [2.75, 3.05) is 25.7 Å². The van der Waals surface area contributed by atoms with Crippen molar-refractivity contribution in [2.24, 2.45) is 0 Å². The molecule has 0 atom stereocenters. The van der Waals surface area contributed by atoms with E-state index in [-0.39, 0.29) is 37.7 Å². The Morgan fingerprint density at radius 2 is 1.07 bits per heavy atom. The lowest BCUT2D eigenvalue weighted by atomic mass is 10.1. The first-order valence-corrected chi connectivity index (χ1v) is 24.6. The molecule has 306 valence electrons. The molecule has 2 N–H and O–H groups in total. The first-order chi connectivity index (χ1) is 26.3. The Bertz CT molecular complexity index is 2560. The molecule has 0 fully saturated rings. The summed E-state index contributed by atoms with van der Waals surface area (Å²) in [7, 11) is -3.64. The zero-order chi connectivity index (χ0) is 41.4. The number of aromatic nitrogens is 6. The molecular formula is C36H39Cl4N6O8PS2. The van der Waals surface area contributed by atoms with Gasteiger partial charge in [-0.1, -0.05) is 49.7 Å². The summed E-state index contributed by atoms with van der Waals surface area (Å²) in [5.41, 5.74) is 5.27. The van der Waals surface area contributed by atoms with Crippen LogP contribution in [0.4, 0.5) is 0 Å². The minimum absolute atomic E-state index is 0. The average Bonchev–Trinajstić information content (AvgIpc) is 3.76. The van der Waals surface area contributed by atoms with E-state index in [1.54, 1.807) is 63.5 Å². The summed E-state index contributed by atoms with van der Waals surface area (Å²) < 4.78 is 72.5. The molecule has 21 heteroatoms. The molecule has 0 bridgehead atoms. The van der Waals surface area contributed by atoms with Gasteiger partial charge in [-0.3, -0.25) is 4.57 Å². The van der Waals surface area contributed by atoms with E-state index in [2.05, 4.69) is 53.9 Å². The number of methoxy groups -OCH3 is 2. The van der Waals surface area contributed by atoms with Crippen LogP contribution in [0.2, 0.25) is 5.15 Å². The van der Waals surface area contributed by atoms with Crippen LogP contribution in [0.5, 0.6) is 11.5 Å². The van der Waals surface area contributed by atoms with E-state index >= 15 is 0 Å². The van der Waals surface area contributed by atoms with E-state index in [9.17, 15) is 21.4 Å². The van der Waals surface area contributed by atoms with Crippen LogP contribution in [0, 0.1) is 13.8 Å². The predicted octanol–water partition coefficient (Wildman–Crippen LogP) is 8.73. The zero-order valence-corrected chi connectivity index (χ0v) is 36.9. The number of hydrogen-bond donors (Lipinski definition) is 0. The first kappa shape index (κ1) is 47.4. The van der Waals surface area contributed by atoms with Crippen molar-refractivity contribution < 1.29 is 36.4 Å². The zero-order valence-electron chi connectivity index (χ0n) is 31.4. The summed E-state index contributed by atoms with van der Waals surface area (Å²) in [6.45, 7) is 6.96. The number of halogens is 4. The Kier molecular flexibility index (Phi) is 16.7. The lowest BCUT2D eigenvalue weighted by Gasteiger charge is -2.11. The fraction of sp³-hybridized carbons (Fsp3) is 0.222. The van der Waals surface area contributed by atoms with E-state index in [1.165, 1.54) is 16.8 Å². The fourth-order valence-corrected chi connectivity index (χ4v) is 7.41. The Balaban J connectivity index is 0.000000269. The van der Waals surface area contributed by atoms with Crippen LogP contribution in [-0.4, -0.2) is 77.6 Å². The summed E-state index contributed by atoms with van der Waals surface area (Å²) in [6.07, 6.45) is 4.97. The molecule has 4 heterocycles. The molecule has 4 aromatic heterocycles. The topological polar surface area (TPSA) is 197 Å². The van der Waals surface area contributed by atoms with Gasteiger partial charge in [-0.2, -0.15) is 10.2 Å². The van der Waals surface area contributed by atoms with Crippen molar-refractivity contribution in [2.45, 2.75) is 37.5 Å². The van der Waals surface area contributed by atoms with Gasteiger partial charge in [0.25, 0.3) is 0 Å². The maximum Gasteiger partial charge on any atom is 0.339 e. The third-order valence-electron chi connectivity index (χ3n) is 8.21. The summed E-state index contributed by atoms with van der Waals surface area (Å²) in [4.78, 5) is 8.77. The lowest BCUT2D eigenvalue weighted by Crippen LogP contribution is -2.12. The minimum Gasteiger partial charge on any atom is -0.497 e. The number of ether oxygens (including phenoxy) is 2. The van der Waals surface area contributed by atoms with Crippen LogP contribution in [0.1, 0.15) is 25.2 Å². The highest BCUT2D eigenvalue weighted by Crippen LogP contribution is 2.61. The Labute approximate surface area is 350 Å². The van der Waals surface area contributed by atoms with Gasteiger partial charge in [0.1, 0.15) is 26.4 Å². The van der Waals surface area contributed by atoms with Crippen molar-refractivity contribution >= 4 is 70.2 Å². The molecule has 0 aliphatic carbocycles. The van der Waals surface area contributed by atoms with Crippen molar-refractivity contribution in [3.63, 3.8) is 0 Å². The highest BCUT2D eigenvalue weighted by Gasteiger charge is 2.23. The lowest BCUT2D eigenvalue weighted by molar-refractivity contribution is 0.415.